The first-order valence-corrected chi connectivity index (χ1v) is 9.02. The van der Waals surface area contributed by atoms with Crippen molar-refractivity contribution in [3.63, 3.8) is 0 Å². The highest BCUT2D eigenvalue weighted by Crippen LogP contribution is 2.22. The largest absolute Gasteiger partial charge is 0.464 e. The van der Waals surface area contributed by atoms with Crippen LogP contribution in [0.5, 0.6) is 0 Å². The molecule has 144 valence electrons. The van der Waals surface area contributed by atoms with Crippen LogP contribution in [0.25, 0.3) is 11.1 Å². The summed E-state index contributed by atoms with van der Waals surface area (Å²) in [4.78, 5) is 26.3. The van der Waals surface area contributed by atoms with E-state index in [1.165, 1.54) is 7.11 Å². The molecule has 0 aliphatic carbocycles. The number of hydrogen-bond acceptors (Lipinski definition) is 5. The fraction of sp³-hybridized carbons (Fsp3) is 0.400. The van der Waals surface area contributed by atoms with E-state index in [9.17, 15) is 9.59 Å². The Hall–Kier alpha value is -2.64. The van der Waals surface area contributed by atoms with Crippen molar-refractivity contribution >= 4 is 11.9 Å². The molecule has 0 radical (unpaired) electrons. The molecule has 1 N–H and O–H groups in total. The summed E-state index contributed by atoms with van der Waals surface area (Å²) < 4.78 is 11.8. The summed E-state index contributed by atoms with van der Waals surface area (Å²) >= 11 is 0. The molecule has 1 aliphatic heterocycles. The van der Waals surface area contributed by atoms with Crippen LogP contribution in [0.3, 0.4) is 0 Å². The minimum absolute atomic E-state index is 0.0851. The van der Waals surface area contributed by atoms with E-state index in [4.69, 9.17) is 9.47 Å². The molecule has 1 fully saturated rings. The number of ether oxygens (including phenoxy) is 2. The maximum Gasteiger partial charge on any atom is 0.354 e. The van der Waals surface area contributed by atoms with E-state index >= 15 is 0 Å². The van der Waals surface area contributed by atoms with E-state index < -0.39 is 0 Å². The third-order valence-corrected chi connectivity index (χ3v) is 4.70. The van der Waals surface area contributed by atoms with E-state index in [1.54, 1.807) is 29.8 Å². The molecule has 27 heavy (non-hydrogen) atoms. The van der Waals surface area contributed by atoms with Gasteiger partial charge in [-0.3, -0.25) is 9.69 Å². The predicted octanol–water partition coefficient (Wildman–Crippen LogP) is 1.54. The van der Waals surface area contributed by atoms with E-state index in [0.29, 0.717) is 17.8 Å². The van der Waals surface area contributed by atoms with Crippen LogP contribution in [0.1, 0.15) is 20.8 Å². The number of esters is 1. The van der Waals surface area contributed by atoms with Gasteiger partial charge < -0.3 is 19.4 Å². The van der Waals surface area contributed by atoms with Crippen molar-refractivity contribution in [3.05, 3.63) is 47.8 Å². The fourth-order valence-corrected chi connectivity index (χ4v) is 3.10. The molecule has 0 bridgehead atoms. The number of benzene rings is 1. The van der Waals surface area contributed by atoms with Crippen LogP contribution in [0.2, 0.25) is 0 Å². The molecule has 2 heterocycles. The molecule has 0 spiro atoms. The zero-order chi connectivity index (χ0) is 19.2. The molecular formula is C20H25N3O4. The average molecular weight is 371 g/mol. The molecule has 0 atom stereocenters. The van der Waals surface area contributed by atoms with Gasteiger partial charge in [0.15, 0.2) is 0 Å². The fourth-order valence-electron chi connectivity index (χ4n) is 3.10. The van der Waals surface area contributed by atoms with Gasteiger partial charge in [0, 0.05) is 50.6 Å². The third-order valence-electron chi connectivity index (χ3n) is 4.70. The topological polar surface area (TPSA) is 72.8 Å². The van der Waals surface area contributed by atoms with Crippen LogP contribution in [0.4, 0.5) is 0 Å². The lowest BCUT2D eigenvalue weighted by molar-refractivity contribution is 0.0383. The number of carbonyl (C=O) groups excluding carboxylic acids is 2. The minimum Gasteiger partial charge on any atom is -0.464 e. The van der Waals surface area contributed by atoms with Gasteiger partial charge in [-0.15, -0.1) is 0 Å². The molecule has 7 nitrogen and oxygen atoms in total. The first kappa shape index (κ1) is 19.1. The Morgan fingerprint density at radius 1 is 1.15 bits per heavy atom. The van der Waals surface area contributed by atoms with Crippen molar-refractivity contribution in [2.45, 2.75) is 0 Å². The van der Waals surface area contributed by atoms with E-state index in [0.717, 1.165) is 44.0 Å². The summed E-state index contributed by atoms with van der Waals surface area (Å²) in [6.45, 7) is 4.78. The Morgan fingerprint density at radius 2 is 1.85 bits per heavy atom. The van der Waals surface area contributed by atoms with Crippen LogP contribution >= 0.6 is 0 Å². The molecule has 1 aromatic heterocycles. The SMILES string of the molecule is COC(=O)c1cc(-c2ccc(C(=O)NCCN3CCOCC3)cc2)cn1C. The molecule has 1 aromatic carbocycles. The van der Waals surface area contributed by atoms with Crippen LogP contribution in [0.15, 0.2) is 36.5 Å². The Kier molecular flexibility index (Phi) is 6.26. The maximum absolute atomic E-state index is 12.3. The highest BCUT2D eigenvalue weighted by molar-refractivity contribution is 5.95. The Balaban J connectivity index is 1.58. The van der Waals surface area contributed by atoms with Gasteiger partial charge in [0.05, 0.1) is 20.3 Å². The smallest absolute Gasteiger partial charge is 0.354 e. The summed E-state index contributed by atoms with van der Waals surface area (Å²) in [6, 6.07) is 9.14. The number of aromatic nitrogens is 1. The second kappa shape index (κ2) is 8.83. The number of aryl methyl sites for hydroxylation is 1. The standard InChI is InChI=1S/C20H25N3O4/c1-22-14-17(13-18(22)20(25)26-2)15-3-5-16(6-4-15)19(24)21-7-8-23-9-11-27-12-10-23/h3-6,13-14H,7-12H2,1-2H3,(H,21,24). The van der Waals surface area contributed by atoms with Crippen LogP contribution in [-0.2, 0) is 16.5 Å². The highest BCUT2D eigenvalue weighted by atomic mass is 16.5. The van der Waals surface area contributed by atoms with Gasteiger partial charge in [0.2, 0.25) is 0 Å². The van der Waals surface area contributed by atoms with Gasteiger partial charge in [-0.1, -0.05) is 12.1 Å². The van der Waals surface area contributed by atoms with Crippen LogP contribution in [0, 0.1) is 0 Å². The molecule has 3 rings (SSSR count). The number of amides is 1. The number of morpholine rings is 1. The third kappa shape index (κ3) is 4.75. The number of nitrogens with one attached hydrogen (secondary N) is 1. The van der Waals surface area contributed by atoms with Crippen molar-refractivity contribution in [2.24, 2.45) is 7.05 Å². The van der Waals surface area contributed by atoms with Crippen molar-refractivity contribution in [1.29, 1.82) is 0 Å². The molecule has 1 amide bonds. The first-order valence-electron chi connectivity index (χ1n) is 9.02. The number of nitrogens with zero attached hydrogens (tertiary/aromatic N) is 2. The monoisotopic (exact) mass is 371 g/mol. The number of hydrogen-bond donors (Lipinski definition) is 1. The quantitative estimate of drug-likeness (QED) is 0.780. The van der Waals surface area contributed by atoms with Crippen molar-refractivity contribution in [1.82, 2.24) is 14.8 Å². The number of rotatable bonds is 6. The molecule has 0 unspecified atom stereocenters. The van der Waals surface area contributed by atoms with Crippen LogP contribution in [-0.4, -0.2) is 67.8 Å². The molecule has 0 saturated carbocycles. The minimum atomic E-state index is -0.375. The van der Waals surface area contributed by atoms with Crippen molar-refractivity contribution < 1.29 is 19.1 Å². The summed E-state index contributed by atoms with van der Waals surface area (Å²) in [6.07, 6.45) is 1.86. The molecular weight excluding hydrogens is 346 g/mol. The van der Waals surface area contributed by atoms with Gasteiger partial charge in [0.1, 0.15) is 5.69 Å². The van der Waals surface area contributed by atoms with E-state index in [1.807, 2.05) is 18.3 Å². The summed E-state index contributed by atoms with van der Waals surface area (Å²) in [7, 11) is 3.16. The zero-order valence-electron chi connectivity index (χ0n) is 15.7. The van der Waals surface area contributed by atoms with E-state index in [-0.39, 0.29) is 11.9 Å². The highest BCUT2D eigenvalue weighted by Gasteiger charge is 2.14. The zero-order valence-corrected chi connectivity index (χ0v) is 15.7. The van der Waals surface area contributed by atoms with Gasteiger partial charge in [-0.25, -0.2) is 4.79 Å². The Bertz CT molecular complexity index is 792. The predicted molar refractivity (Wildman–Crippen MR) is 102 cm³/mol. The van der Waals surface area contributed by atoms with Gasteiger partial charge in [-0.2, -0.15) is 0 Å². The summed E-state index contributed by atoms with van der Waals surface area (Å²) in [5, 5.41) is 2.95. The van der Waals surface area contributed by atoms with Gasteiger partial charge in [0.25, 0.3) is 5.91 Å². The maximum atomic E-state index is 12.3. The number of methoxy groups -OCH3 is 1. The van der Waals surface area contributed by atoms with Crippen molar-refractivity contribution in [3.8, 4) is 11.1 Å². The van der Waals surface area contributed by atoms with E-state index in [2.05, 4.69) is 10.2 Å². The number of carbonyl (C=O) groups is 2. The lowest BCUT2D eigenvalue weighted by Gasteiger charge is -2.26. The van der Waals surface area contributed by atoms with Gasteiger partial charge >= 0.3 is 5.97 Å². The lowest BCUT2D eigenvalue weighted by atomic mass is 10.1. The second-order valence-corrected chi connectivity index (χ2v) is 6.50. The average Bonchev–Trinajstić information content (AvgIpc) is 3.10. The van der Waals surface area contributed by atoms with Gasteiger partial charge in [-0.05, 0) is 23.8 Å². The molecule has 2 aromatic rings. The second-order valence-electron chi connectivity index (χ2n) is 6.50. The first-order chi connectivity index (χ1) is 13.1. The molecule has 1 saturated heterocycles. The normalized spacial score (nSPS) is 14.7. The Labute approximate surface area is 158 Å². The summed E-state index contributed by atoms with van der Waals surface area (Å²) in [5.41, 5.74) is 2.94. The molecule has 7 heteroatoms. The van der Waals surface area contributed by atoms with Crippen molar-refractivity contribution in [2.75, 3.05) is 46.5 Å². The van der Waals surface area contributed by atoms with Crippen LogP contribution < -0.4 is 5.32 Å². The lowest BCUT2D eigenvalue weighted by Crippen LogP contribution is -2.41. The molecule has 1 aliphatic rings. The summed E-state index contributed by atoms with van der Waals surface area (Å²) in [5.74, 6) is -0.460. The Morgan fingerprint density at radius 3 is 2.52 bits per heavy atom.